The molecule has 0 radical (unpaired) electrons. The summed E-state index contributed by atoms with van der Waals surface area (Å²) in [5.74, 6) is 0.917. The SMILES string of the molecule is c1ccc(-c2nc(-c3ccccn3)c3nc(-c4ccccn4)nc(-c4ccccn4)c3n2)nc1. The fourth-order valence-electron chi connectivity index (χ4n) is 3.60. The van der Waals surface area contributed by atoms with E-state index in [1.165, 1.54) is 0 Å². The Bertz CT molecular complexity index is 1450. The highest BCUT2D eigenvalue weighted by molar-refractivity contribution is 5.97. The summed E-state index contributed by atoms with van der Waals surface area (Å²) in [6, 6.07) is 22.6. The third kappa shape index (κ3) is 3.63. The molecule has 0 N–H and O–H groups in total. The van der Waals surface area contributed by atoms with Gasteiger partial charge in [0.1, 0.15) is 33.8 Å². The zero-order valence-electron chi connectivity index (χ0n) is 17.8. The first-order chi connectivity index (χ1) is 16.9. The fraction of sp³-hybridized carbons (Fsp3) is 0. The van der Waals surface area contributed by atoms with E-state index in [1.807, 2.05) is 72.8 Å². The zero-order chi connectivity index (χ0) is 22.7. The minimum atomic E-state index is 0.458. The number of rotatable bonds is 4. The number of hydrogen-bond donors (Lipinski definition) is 0. The van der Waals surface area contributed by atoms with Gasteiger partial charge < -0.3 is 0 Å². The Morgan fingerprint density at radius 3 is 1.03 bits per heavy atom. The van der Waals surface area contributed by atoms with Gasteiger partial charge in [-0.2, -0.15) is 0 Å². The summed E-state index contributed by atoms with van der Waals surface area (Å²) in [6.07, 6.45) is 6.88. The molecule has 8 nitrogen and oxygen atoms in total. The monoisotopic (exact) mass is 440 g/mol. The Morgan fingerprint density at radius 1 is 0.353 bits per heavy atom. The molecule has 0 unspecified atom stereocenters. The van der Waals surface area contributed by atoms with Crippen LogP contribution in [0.4, 0.5) is 0 Å². The minimum absolute atomic E-state index is 0.458. The van der Waals surface area contributed by atoms with E-state index in [0.717, 1.165) is 0 Å². The quantitative estimate of drug-likeness (QED) is 0.390. The van der Waals surface area contributed by atoms with Gasteiger partial charge in [-0.25, -0.2) is 19.9 Å². The predicted octanol–water partition coefficient (Wildman–Crippen LogP) is 4.67. The van der Waals surface area contributed by atoms with Crippen molar-refractivity contribution in [2.75, 3.05) is 0 Å². The van der Waals surface area contributed by atoms with Gasteiger partial charge >= 0.3 is 0 Å². The van der Waals surface area contributed by atoms with Crippen LogP contribution in [0, 0.1) is 0 Å². The molecule has 6 aromatic heterocycles. The molecule has 0 amide bonds. The maximum atomic E-state index is 4.86. The van der Waals surface area contributed by atoms with Crippen molar-refractivity contribution in [2.45, 2.75) is 0 Å². The van der Waals surface area contributed by atoms with Gasteiger partial charge in [0.05, 0.1) is 11.4 Å². The van der Waals surface area contributed by atoms with E-state index in [1.54, 1.807) is 24.8 Å². The second kappa shape index (κ2) is 8.51. The maximum absolute atomic E-state index is 4.86. The van der Waals surface area contributed by atoms with Crippen LogP contribution in [0.2, 0.25) is 0 Å². The molecule has 34 heavy (non-hydrogen) atoms. The number of aromatic nitrogens is 8. The van der Waals surface area contributed by atoms with E-state index in [2.05, 4.69) is 19.9 Å². The minimum Gasteiger partial charge on any atom is -0.255 e. The van der Waals surface area contributed by atoms with Crippen LogP contribution in [0.15, 0.2) is 97.6 Å². The summed E-state index contributed by atoms with van der Waals surface area (Å²) >= 11 is 0. The Kier molecular flexibility index (Phi) is 4.93. The predicted molar refractivity (Wildman–Crippen MR) is 128 cm³/mol. The molecule has 6 heterocycles. The van der Waals surface area contributed by atoms with Crippen molar-refractivity contribution < 1.29 is 0 Å². The summed E-state index contributed by atoms with van der Waals surface area (Å²) in [6.45, 7) is 0. The topological polar surface area (TPSA) is 103 Å². The molecule has 0 spiro atoms. The smallest absolute Gasteiger partial charge is 0.179 e. The number of nitrogens with zero attached hydrogens (tertiary/aromatic N) is 8. The molecule has 0 fully saturated rings. The molecule has 6 rings (SSSR count). The van der Waals surface area contributed by atoms with Crippen LogP contribution in [0.5, 0.6) is 0 Å². The Balaban J connectivity index is 1.73. The molecule has 6 aromatic rings. The van der Waals surface area contributed by atoms with E-state index in [4.69, 9.17) is 19.9 Å². The lowest BCUT2D eigenvalue weighted by Gasteiger charge is -2.12. The highest BCUT2D eigenvalue weighted by atomic mass is 15.0. The molecule has 8 heteroatoms. The normalized spacial score (nSPS) is 10.9. The molecule has 0 bridgehead atoms. The first-order valence-corrected chi connectivity index (χ1v) is 10.6. The van der Waals surface area contributed by atoms with Crippen LogP contribution in [0.3, 0.4) is 0 Å². The van der Waals surface area contributed by atoms with Crippen molar-refractivity contribution in [3.8, 4) is 45.8 Å². The summed E-state index contributed by atoms with van der Waals surface area (Å²) < 4.78 is 0. The lowest BCUT2D eigenvalue weighted by Crippen LogP contribution is -2.04. The summed E-state index contributed by atoms with van der Waals surface area (Å²) in [5, 5.41) is 0. The molecule has 160 valence electrons. The molecule has 0 atom stereocenters. The van der Waals surface area contributed by atoms with Gasteiger partial charge in [0.2, 0.25) is 0 Å². The molecule has 0 aliphatic carbocycles. The first-order valence-electron chi connectivity index (χ1n) is 10.6. The second-order valence-corrected chi connectivity index (χ2v) is 7.35. The van der Waals surface area contributed by atoms with Gasteiger partial charge in [-0.1, -0.05) is 24.3 Å². The highest BCUT2D eigenvalue weighted by Gasteiger charge is 2.21. The second-order valence-electron chi connectivity index (χ2n) is 7.35. The van der Waals surface area contributed by atoms with E-state index in [9.17, 15) is 0 Å². The molecular weight excluding hydrogens is 424 g/mol. The van der Waals surface area contributed by atoms with Gasteiger partial charge in [-0.05, 0) is 48.5 Å². The highest BCUT2D eigenvalue weighted by Crippen LogP contribution is 2.32. The first kappa shape index (κ1) is 19.7. The van der Waals surface area contributed by atoms with Gasteiger partial charge in [0.25, 0.3) is 0 Å². The van der Waals surface area contributed by atoms with Gasteiger partial charge in [0.15, 0.2) is 11.6 Å². The van der Waals surface area contributed by atoms with Gasteiger partial charge in [-0.15, -0.1) is 0 Å². The van der Waals surface area contributed by atoms with E-state index in [0.29, 0.717) is 56.8 Å². The van der Waals surface area contributed by atoms with E-state index < -0.39 is 0 Å². The van der Waals surface area contributed by atoms with Crippen LogP contribution < -0.4 is 0 Å². The van der Waals surface area contributed by atoms with Crippen LogP contribution in [0.1, 0.15) is 0 Å². The molecule has 0 saturated heterocycles. The average molecular weight is 440 g/mol. The van der Waals surface area contributed by atoms with Crippen LogP contribution in [-0.2, 0) is 0 Å². The zero-order valence-corrected chi connectivity index (χ0v) is 17.8. The standard InChI is InChI=1S/C26H16N8/c1-5-13-27-17(9-1)21-23-24(34-25(31-21)19-11-3-7-15-29-19)22(18-10-2-6-14-28-18)32-26(33-23)20-12-4-8-16-30-20/h1-16H. The van der Waals surface area contributed by atoms with Crippen molar-refractivity contribution in [1.29, 1.82) is 0 Å². The largest absolute Gasteiger partial charge is 0.255 e. The molecule has 0 aromatic carbocycles. The van der Waals surface area contributed by atoms with Crippen molar-refractivity contribution in [3.63, 3.8) is 0 Å². The molecule has 0 aliphatic heterocycles. The lowest BCUT2D eigenvalue weighted by molar-refractivity contribution is 1.11. The third-order valence-electron chi connectivity index (χ3n) is 5.15. The molecular formula is C26H16N8. The van der Waals surface area contributed by atoms with Crippen LogP contribution in [0.25, 0.3) is 56.8 Å². The Hall–Kier alpha value is -4.98. The van der Waals surface area contributed by atoms with Gasteiger partial charge in [0, 0.05) is 24.8 Å². The van der Waals surface area contributed by atoms with Crippen LogP contribution >= 0.6 is 0 Å². The molecule has 0 aliphatic rings. The summed E-state index contributed by atoms with van der Waals surface area (Å²) in [4.78, 5) is 37.4. The van der Waals surface area contributed by atoms with Crippen LogP contribution in [-0.4, -0.2) is 39.9 Å². The summed E-state index contributed by atoms with van der Waals surface area (Å²) in [7, 11) is 0. The van der Waals surface area contributed by atoms with Gasteiger partial charge in [-0.3, -0.25) is 19.9 Å². The number of hydrogen-bond acceptors (Lipinski definition) is 8. The summed E-state index contributed by atoms with van der Waals surface area (Å²) in [5.41, 5.74) is 4.93. The van der Waals surface area contributed by atoms with E-state index >= 15 is 0 Å². The molecule has 0 saturated carbocycles. The number of fused-ring (bicyclic) bond motifs is 1. The number of pyridine rings is 4. The third-order valence-corrected chi connectivity index (χ3v) is 5.15. The van der Waals surface area contributed by atoms with Crippen molar-refractivity contribution >= 4 is 11.0 Å². The Morgan fingerprint density at radius 2 is 0.706 bits per heavy atom. The average Bonchev–Trinajstić information content (AvgIpc) is 2.94. The Labute approximate surface area is 194 Å². The van der Waals surface area contributed by atoms with Crippen molar-refractivity contribution in [3.05, 3.63) is 97.6 Å². The van der Waals surface area contributed by atoms with E-state index in [-0.39, 0.29) is 0 Å². The maximum Gasteiger partial charge on any atom is 0.179 e. The fourth-order valence-corrected chi connectivity index (χ4v) is 3.60. The van der Waals surface area contributed by atoms with Crippen molar-refractivity contribution in [1.82, 2.24) is 39.9 Å². The lowest BCUT2D eigenvalue weighted by atomic mass is 10.1. The van der Waals surface area contributed by atoms with Crippen molar-refractivity contribution in [2.24, 2.45) is 0 Å².